The van der Waals surface area contributed by atoms with Gasteiger partial charge in [-0.15, -0.1) is 0 Å². The van der Waals surface area contributed by atoms with Crippen molar-refractivity contribution >= 4 is 21.7 Å². The molecule has 8 heteroatoms. The number of anilines is 1. The molecule has 0 aliphatic carbocycles. The van der Waals surface area contributed by atoms with E-state index in [-0.39, 0.29) is 10.5 Å². The number of aromatic nitrogens is 2. The molecule has 1 amide bonds. The van der Waals surface area contributed by atoms with E-state index in [9.17, 15) is 13.2 Å². The van der Waals surface area contributed by atoms with Crippen LogP contribution < -0.4 is 10.0 Å². The average molecular weight is 308 g/mol. The third-order valence-electron chi connectivity index (χ3n) is 2.99. The molecule has 7 nitrogen and oxygen atoms in total. The van der Waals surface area contributed by atoms with Crippen molar-refractivity contribution in [2.45, 2.75) is 11.8 Å². The summed E-state index contributed by atoms with van der Waals surface area (Å²) in [4.78, 5) is 12.3. The summed E-state index contributed by atoms with van der Waals surface area (Å²) in [7, 11) is -0.530. The average Bonchev–Trinajstić information content (AvgIpc) is 2.84. The second kappa shape index (κ2) is 5.66. The number of nitrogens with one attached hydrogen (secondary N) is 2. The molecular formula is C13H16N4O3S. The molecule has 0 aliphatic rings. The van der Waals surface area contributed by atoms with Crippen LogP contribution in [-0.2, 0) is 17.1 Å². The summed E-state index contributed by atoms with van der Waals surface area (Å²) in [5, 5.41) is 6.68. The van der Waals surface area contributed by atoms with E-state index < -0.39 is 15.9 Å². The van der Waals surface area contributed by atoms with Gasteiger partial charge in [-0.1, -0.05) is 6.07 Å². The summed E-state index contributed by atoms with van der Waals surface area (Å²) in [5.74, 6) is 0.00290. The lowest BCUT2D eigenvalue weighted by molar-refractivity contribution is 0.102. The Balaban J connectivity index is 2.34. The number of carbonyl (C=O) groups excluding carboxylic acids is 1. The van der Waals surface area contributed by atoms with Gasteiger partial charge >= 0.3 is 0 Å². The summed E-state index contributed by atoms with van der Waals surface area (Å²) in [6.45, 7) is 1.74. The molecule has 0 radical (unpaired) electrons. The van der Waals surface area contributed by atoms with Gasteiger partial charge in [0.25, 0.3) is 5.91 Å². The normalized spacial score (nSPS) is 11.4. The molecule has 0 saturated carbocycles. The Hall–Kier alpha value is -2.19. The number of sulfonamides is 1. The van der Waals surface area contributed by atoms with E-state index in [4.69, 9.17) is 0 Å². The van der Waals surface area contributed by atoms with Crippen LogP contribution in [0.15, 0.2) is 35.4 Å². The van der Waals surface area contributed by atoms with Crippen molar-refractivity contribution in [1.29, 1.82) is 0 Å². The molecular weight excluding hydrogens is 292 g/mol. The summed E-state index contributed by atoms with van der Waals surface area (Å²) >= 11 is 0. The molecule has 112 valence electrons. The molecule has 21 heavy (non-hydrogen) atoms. The van der Waals surface area contributed by atoms with E-state index in [1.807, 2.05) is 0 Å². The van der Waals surface area contributed by atoms with E-state index in [1.54, 1.807) is 37.0 Å². The lowest BCUT2D eigenvalue weighted by Crippen LogP contribution is -2.20. The van der Waals surface area contributed by atoms with Gasteiger partial charge in [-0.05, 0) is 31.7 Å². The summed E-state index contributed by atoms with van der Waals surface area (Å²) in [5.41, 5.74) is 0.968. The maximum atomic E-state index is 12.2. The summed E-state index contributed by atoms with van der Waals surface area (Å²) in [6, 6.07) is 6.05. The van der Waals surface area contributed by atoms with Gasteiger partial charge in [-0.3, -0.25) is 9.48 Å². The van der Waals surface area contributed by atoms with Gasteiger partial charge in [-0.2, -0.15) is 5.10 Å². The van der Waals surface area contributed by atoms with Crippen LogP contribution in [0.4, 0.5) is 5.82 Å². The summed E-state index contributed by atoms with van der Waals surface area (Å²) < 4.78 is 27.4. The molecule has 0 fully saturated rings. The zero-order chi connectivity index (χ0) is 15.6. The highest BCUT2D eigenvalue weighted by Crippen LogP contribution is 2.17. The zero-order valence-corrected chi connectivity index (χ0v) is 12.7. The Bertz CT molecular complexity index is 780. The van der Waals surface area contributed by atoms with Crippen LogP contribution in [-0.4, -0.2) is 31.2 Å². The molecule has 0 atom stereocenters. The minimum atomic E-state index is -3.59. The van der Waals surface area contributed by atoms with Crippen LogP contribution in [0.25, 0.3) is 0 Å². The minimum Gasteiger partial charge on any atom is -0.305 e. The number of hydrogen-bond acceptors (Lipinski definition) is 4. The summed E-state index contributed by atoms with van der Waals surface area (Å²) in [6.07, 6.45) is 1.70. The fraction of sp³-hybridized carbons (Fsp3) is 0.231. The molecule has 0 bridgehead atoms. The predicted molar refractivity (Wildman–Crippen MR) is 78.6 cm³/mol. The number of aryl methyl sites for hydroxylation is 2. The minimum absolute atomic E-state index is 0.0433. The number of carbonyl (C=O) groups is 1. The van der Waals surface area contributed by atoms with Crippen LogP contribution >= 0.6 is 0 Å². The van der Waals surface area contributed by atoms with Gasteiger partial charge in [0.05, 0.1) is 4.90 Å². The van der Waals surface area contributed by atoms with E-state index in [0.717, 1.165) is 0 Å². The van der Waals surface area contributed by atoms with Crippen molar-refractivity contribution in [3.63, 3.8) is 0 Å². The van der Waals surface area contributed by atoms with Gasteiger partial charge in [0.1, 0.15) is 0 Å². The predicted octanol–water partition coefficient (Wildman–Crippen LogP) is 0.889. The van der Waals surface area contributed by atoms with E-state index in [2.05, 4.69) is 15.1 Å². The highest BCUT2D eigenvalue weighted by Gasteiger charge is 2.17. The molecule has 2 N–H and O–H groups in total. The van der Waals surface area contributed by atoms with Crippen LogP contribution in [0.1, 0.15) is 15.9 Å². The van der Waals surface area contributed by atoms with Crippen molar-refractivity contribution in [2.75, 3.05) is 12.4 Å². The Kier molecular flexibility index (Phi) is 4.10. The fourth-order valence-corrected chi connectivity index (χ4v) is 2.55. The van der Waals surface area contributed by atoms with Crippen molar-refractivity contribution in [2.24, 2.45) is 7.05 Å². The standard InChI is InChI=1S/C13H16N4O3S/c1-9-4-5-10(21(19,20)14-2)8-11(9)13(18)15-12-6-7-17(3)16-12/h4-8,14H,1-3H3,(H,15,16,18). The van der Waals surface area contributed by atoms with Gasteiger partial charge in [0.2, 0.25) is 10.0 Å². The Morgan fingerprint density at radius 1 is 1.29 bits per heavy atom. The van der Waals surface area contributed by atoms with Crippen LogP contribution in [0, 0.1) is 6.92 Å². The highest BCUT2D eigenvalue weighted by atomic mass is 32.2. The first-order chi connectivity index (χ1) is 9.83. The number of rotatable bonds is 4. The molecule has 1 aromatic carbocycles. The Morgan fingerprint density at radius 3 is 2.57 bits per heavy atom. The second-order valence-corrected chi connectivity index (χ2v) is 6.40. The molecule has 0 aliphatic heterocycles. The molecule has 2 rings (SSSR count). The van der Waals surface area contributed by atoms with Crippen molar-refractivity contribution in [1.82, 2.24) is 14.5 Å². The van der Waals surface area contributed by atoms with Gasteiger partial charge in [-0.25, -0.2) is 13.1 Å². The van der Waals surface area contributed by atoms with Gasteiger partial charge < -0.3 is 5.32 Å². The number of hydrogen-bond donors (Lipinski definition) is 2. The first-order valence-electron chi connectivity index (χ1n) is 6.18. The lowest BCUT2D eigenvalue weighted by atomic mass is 10.1. The van der Waals surface area contributed by atoms with Gasteiger partial charge in [0.15, 0.2) is 5.82 Å². The van der Waals surface area contributed by atoms with Crippen LogP contribution in [0.3, 0.4) is 0 Å². The quantitative estimate of drug-likeness (QED) is 0.877. The largest absolute Gasteiger partial charge is 0.305 e. The molecule has 1 aromatic heterocycles. The lowest BCUT2D eigenvalue weighted by Gasteiger charge is -2.09. The first-order valence-corrected chi connectivity index (χ1v) is 7.67. The SMILES string of the molecule is CNS(=O)(=O)c1ccc(C)c(C(=O)Nc2ccn(C)n2)c1. The Morgan fingerprint density at radius 2 is 2.00 bits per heavy atom. The topological polar surface area (TPSA) is 93.1 Å². The maximum Gasteiger partial charge on any atom is 0.257 e. The van der Waals surface area contributed by atoms with Crippen molar-refractivity contribution in [3.8, 4) is 0 Å². The highest BCUT2D eigenvalue weighted by molar-refractivity contribution is 7.89. The van der Waals surface area contributed by atoms with Crippen molar-refractivity contribution < 1.29 is 13.2 Å². The Labute approximate surface area is 123 Å². The molecule has 2 aromatic rings. The van der Waals surface area contributed by atoms with Crippen LogP contribution in [0.5, 0.6) is 0 Å². The molecule has 0 unspecified atom stereocenters. The van der Waals surface area contributed by atoms with Crippen LogP contribution in [0.2, 0.25) is 0 Å². The first kappa shape index (κ1) is 15.2. The smallest absolute Gasteiger partial charge is 0.257 e. The monoisotopic (exact) mass is 308 g/mol. The number of nitrogens with zero attached hydrogens (tertiary/aromatic N) is 2. The fourth-order valence-electron chi connectivity index (χ4n) is 1.80. The number of benzene rings is 1. The van der Waals surface area contributed by atoms with Crippen molar-refractivity contribution in [3.05, 3.63) is 41.6 Å². The van der Waals surface area contributed by atoms with E-state index in [1.165, 1.54) is 19.2 Å². The van der Waals surface area contributed by atoms with E-state index in [0.29, 0.717) is 11.4 Å². The van der Waals surface area contributed by atoms with Gasteiger partial charge in [0, 0.05) is 24.9 Å². The molecule has 1 heterocycles. The molecule has 0 spiro atoms. The third-order valence-corrected chi connectivity index (χ3v) is 4.40. The second-order valence-electron chi connectivity index (χ2n) is 4.51. The van der Waals surface area contributed by atoms with E-state index >= 15 is 0 Å². The third kappa shape index (κ3) is 3.29. The zero-order valence-electron chi connectivity index (χ0n) is 11.9. The maximum absolute atomic E-state index is 12.2. The number of amides is 1. The molecule has 0 saturated heterocycles.